The first-order valence-corrected chi connectivity index (χ1v) is 6.71. The van der Waals surface area contributed by atoms with Gasteiger partial charge in [-0.2, -0.15) is 0 Å². The van der Waals surface area contributed by atoms with Crippen molar-refractivity contribution < 1.29 is 4.79 Å². The molecule has 0 radical (unpaired) electrons. The van der Waals surface area contributed by atoms with Crippen molar-refractivity contribution in [2.24, 2.45) is 11.7 Å². The summed E-state index contributed by atoms with van der Waals surface area (Å²) >= 11 is 0. The third-order valence-corrected chi connectivity index (χ3v) is 3.93. The molecule has 18 heavy (non-hydrogen) atoms. The molecule has 1 amide bonds. The molecular weight excluding hydrogens is 224 g/mol. The summed E-state index contributed by atoms with van der Waals surface area (Å²) in [7, 11) is 0. The predicted molar refractivity (Wildman–Crippen MR) is 74.5 cm³/mol. The summed E-state index contributed by atoms with van der Waals surface area (Å²) in [6, 6.07) is 6.02. The van der Waals surface area contributed by atoms with E-state index in [1.807, 2.05) is 18.2 Å². The second-order valence-corrected chi connectivity index (χ2v) is 5.34. The van der Waals surface area contributed by atoms with E-state index >= 15 is 0 Å². The van der Waals surface area contributed by atoms with E-state index < -0.39 is 0 Å². The summed E-state index contributed by atoms with van der Waals surface area (Å²) in [5.41, 5.74) is 9.34. The van der Waals surface area contributed by atoms with E-state index in [9.17, 15) is 4.79 Å². The first-order chi connectivity index (χ1) is 8.58. The van der Waals surface area contributed by atoms with Gasteiger partial charge < -0.3 is 11.1 Å². The lowest BCUT2D eigenvalue weighted by molar-refractivity contribution is -0.121. The van der Waals surface area contributed by atoms with Crippen molar-refractivity contribution in [3.05, 3.63) is 29.3 Å². The fourth-order valence-electron chi connectivity index (χ4n) is 2.54. The number of amides is 1. The van der Waals surface area contributed by atoms with Crippen molar-refractivity contribution in [3.8, 4) is 0 Å². The SMILES string of the molecule is Cc1ccc(NC(=O)C2CCCCC2N)cc1C. The molecule has 1 aliphatic carbocycles. The van der Waals surface area contributed by atoms with Crippen LogP contribution in [0.1, 0.15) is 36.8 Å². The number of nitrogens with one attached hydrogen (secondary N) is 1. The van der Waals surface area contributed by atoms with E-state index in [2.05, 4.69) is 19.2 Å². The molecule has 0 aromatic heterocycles. The number of aryl methyl sites for hydroxylation is 2. The number of carbonyl (C=O) groups is 1. The average Bonchev–Trinajstić information content (AvgIpc) is 2.34. The molecule has 2 atom stereocenters. The standard InChI is InChI=1S/C15H22N2O/c1-10-7-8-12(9-11(10)2)17-15(18)13-5-3-4-6-14(13)16/h7-9,13-14H,3-6,16H2,1-2H3,(H,17,18). The van der Waals surface area contributed by atoms with E-state index in [1.54, 1.807) is 0 Å². The Labute approximate surface area is 109 Å². The van der Waals surface area contributed by atoms with E-state index in [0.29, 0.717) is 0 Å². The highest BCUT2D eigenvalue weighted by Gasteiger charge is 2.28. The van der Waals surface area contributed by atoms with Gasteiger partial charge in [-0.3, -0.25) is 4.79 Å². The van der Waals surface area contributed by atoms with Gasteiger partial charge in [-0.1, -0.05) is 18.9 Å². The van der Waals surface area contributed by atoms with E-state index in [4.69, 9.17) is 5.73 Å². The number of carbonyl (C=O) groups excluding carboxylic acids is 1. The van der Waals surface area contributed by atoms with Crippen molar-refractivity contribution in [2.75, 3.05) is 5.32 Å². The normalized spacial score (nSPS) is 23.7. The second kappa shape index (κ2) is 5.53. The van der Waals surface area contributed by atoms with Gasteiger partial charge in [0.05, 0.1) is 5.92 Å². The van der Waals surface area contributed by atoms with Gasteiger partial charge in [0.2, 0.25) is 5.91 Å². The molecule has 1 fully saturated rings. The van der Waals surface area contributed by atoms with Gasteiger partial charge in [0, 0.05) is 11.7 Å². The van der Waals surface area contributed by atoms with Gasteiger partial charge in [0.25, 0.3) is 0 Å². The smallest absolute Gasteiger partial charge is 0.229 e. The molecule has 0 heterocycles. The second-order valence-electron chi connectivity index (χ2n) is 5.34. The van der Waals surface area contributed by atoms with Crippen LogP contribution in [0.4, 0.5) is 5.69 Å². The summed E-state index contributed by atoms with van der Waals surface area (Å²) < 4.78 is 0. The third kappa shape index (κ3) is 2.91. The fourth-order valence-corrected chi connectivity index (χ4v) is 2.54. The van der Waals surface area contributed by atoms with Crippen LogP contribution in [0.5, 0.6) is 0 Å². The number of rotatable bonds is 2. The monoisotopic (exact) mass is 246 g/mol. The zero-order chi connectivity index (χ0) is 13.1. The lowest BCUT2D eigenvalue weighted by atomic mass is 9.84. The molecule has 98 valence electrons. The molecule has 3 N–H and O–H groups in total. The number of anilines is 1. The molecule has 3 nitrogen and oxygen atoms in total. The van der Waals surface area contributed by atoms with Crippen LogP contribution in [-0.4, -0.2) is 11.9 Å². The third-order valence-electron chi connectivity index (χ3n) is 3.93. The molecule has 2 rings (SSSR count). The molecule has 0 aliphatic heterocycles. The Hall–Kier alpha value is -1.35. The highest BCUT2D eigenvalue weighted by Crippen LogP contribution is 2.24. The van der Waals surface area contributed by atoms with Gasteiger partial charge in [-0.25, -0.2) is 0 Å². The van der Waals surface area contributed by atoms with E-state index in [-0.39, 0.29) is 17.9 Å². The predicted octanol–water partition coefficient (Wildman–Crippen LogP) is 2.76. The van der Waals surface area contributed by atoms with Crippen LogP contribution in [-0.2, 0) is 4.79 Å². The molecule has 0 bridgehead atoms. The minimum absolute atomic E-state index is 0.0188. The summed E-state index contributed by atoms with van der Waals surface area (Å²) in [6.07, 6.45) is 4.14. The quantitative estimate of drug-likeness (QED) is 0.843. The fraction of sp³-hybridized carbons (Fsp3) is 0.533. The maximum atomic E-state index is 12.2. The van der Waals surface area contributed by atoms with Gasteiger partial charge in [-0.05, 0) is 49.9 Å². The Kier molecular flexibility index (Phi) is 4.02. The Morgan fingerprint density at radius 3 is 2.61 bits per heavy atom. The molecule has 1 saturated carbocycles. The Morgan fingerprint density at radius 2 is 1.94 bits per heavy atom. The largest absolute Gasteiger partial charge is 0.327 e. The highest BCUT2D eigenvalue weighted by atomic mass is 16.1. The van der Waals surface area contributed by atoms with Gasteiger partial charge in [-0.15, -0.1) is 0 Å². The van der Waals surface area contributed by atoms with Crippen molar-refractivity contribution in [1.29, 1.82) is 0 Å². The molecule has 2 unspecified atom stereocenters. The Morgan fingerprint density at radius 1 is 1.22 bits per heavy atom. The zero-order valence-corrected chi connectivity index (χ0v) is 11.2. The minimum Gasteiger partial charge on any atom is -0.327 e. The molecular formula is C15H22N2O. The van der Waals surface area contributed by atoms with Gasteiger partial charge >= 0.3 is 0 Å². The van der Waals surface area contributed by atoms with Crippen LogP contribution in [0.15, 0.2) is 18.2 Å². The molecule has 0 spiro atoms. The highest BCUT2D eigenvalue weighted by molar-refractivity contribution is 5.93. The van der Waals surface area contributed by atoms with Gasteiger partial charge in [0.1, 0.15) is 0 Å². The first kappa shape index (κ1) is 13.1. The Bertz CT molecular complexity index is 442. The van der Waals surface area contributed by atoms with Crippen molar-refractivity contribution in [3.63, 3.8) is 0 Å². The van der Waals surface area contributed by atoms with Crippen LogP contribution in [0.2, 0.25) is 0 Å². The number of hydrogen-bond donors (Lipinski definition) is 2. The molecule has 3 heteroatoms. The molecule has 1 aliphatic rings. The van der Waals surface area contributed by atoms with Crippen LogP contribution in [0.3, 0.4) is 0 Å². The molecule has 0 saturated heterocycles. The summed E-state index contributed by atoms with van der Waals surface area (Å²) in [5, 5.41) is 2.99. The maximum Gasteiger partial charge on any atom is 0.229 e. The lowest BCUT2D eigenvalue weighted by Crippen LogP contribution is -2.40. The summed E-state index contributed by atoms with van der Waals surface area (Å²) in [4.78, 5) is 12.2. The summed E-state index contributed by atoms with van der Waals surface area (Å²) in [6.45, 7) is 4.12. The molecule has 1 aromatic rings. The Balaban J connectivity index is 2.04. The van der Waals surface area contributed by atoms with Crippen LogP contribution in [0, 0.1) is 19.8 Å². The maximum absolute atomic E-state index is 12.2. The van der Waals surface area contributed by atoms with Crippen LogP contribution in [0.25, 0.3) is 0 Å². The van der Waals surface area contributed by atoms with Crippen LogP contribution < -0.4 is 11.1 Å². The minimum atomic E-state index is -0.0274. The van der Waals surface area contributed by atoms with Crippen molar-refractivity contribution in [2.45, 2.75) is 45.6 Å². The topological polar surface area (TPSA) is 55.1 Å². The summed E-state index contributed by atoms with van der Waals surface area (Å²) in [5.74, 6) is 0.0470. The number of hydrogen-bond acceptors (Lipinski definition) is 2. The van der Waals surface area contributed by atoms with Crippen LogP contribution >= 0.6 is 0 Å². The van der Waals surface area contributed by atoms with Crippen molar-refractivity contribution in [1.82, 2.24) is 0 Å². The molecule has 1 aromatic carbocycles. The lowest BCUT2D eigenvalue weighted by Gasteiger charge is -2.27. The first-order valence-electron chi connectivity index (χ1n) is 6.71. The zero-order valence-electron chi connectivity index (χ0n) is 11.2. The van der Waals surface area contributed by atoms with Crippen molar-refractivity contribution >= 4 is 11.6 Å². The van der Waals surface area contributed by atoms with E-state index in [0.717, 1.165) is 31.4 Å². The average molecular weight is 246 g/mol. The van der Waals surface area contributed by atoms with Gasteiger partial charge in [0.15, 0.2) is 0 Å². The number of benzene rings is 1. The van der Waals surface area contributed by atoms with E-state index in [1.165, 1.54) is 11.1 Å². The number of nitrogens with two attached hydrogens (primary N) is 1.